The molecule has 0 aliphatic heterocycles. The first-order valence-corrected chi connectivity index (χ1v) is 6.45. The number of anilines is 1. The summed E-state index contributed by atoms with van der Waals surface area (Å²) in [6.07, 6.45) is 8.00. The molecule has 2 rings (SSSR count). The highest BCUT2D eigenvalue weighted by Gasteiger charge is 2.18. The number of halogens is 1. The van der Waals surface area contributed by atoms with Gasteiger partial charge in [-0.25, -0.2) is 9.37 Å². The van der Waals surface area contributed by atoms with Crippen molar-refractivity contribution in [2.75, 3.05) is 18.6 Å². The number of ether oxygens (including phenoxy) is 2. The zero-order valence-electron chi connectivity index (χ0n) is 11.5. The van der Waals surface area contributed by atoms with Gasteiger partial charge in [0.25, 0.3) is 0 Å². The number of rotatable bonds is 8. The van der Waals surface area contributed by atoms with Crippen molar-refractivity contribution in [1.82, 2.24) is 9.97 Å². The molecule has 1 aromatic heterocycles. The molecule has 1 atom stereocenters. The van der Waals surface area contributed by atoms with Crippen molar-refractivity contribution in [3.8, 4) is 6.01 Å². The molecule has 2 N–H and O–H groups in total. The Labute approximate surface area is 125 Å². The summed E-state index contributed by atoms with van der Waals surface area (Å²) in [4.78, 5) is 17.6. The Kier molecular flexibility index (Phi) is 5.52. The first-order chi connectivity index (χ1) is 10.7. The van der Waals surface area contributed by atoms with E-state index in [2.05, 4.69) is 20.5 Å². The van der Waals surface area contributed by atoms with E-state index in [0.29, 0.717) is 12.2 Å². The van der Waals surface area contributed by atoms with Crippen LogP contribution in [0.15, 0.2) is 35.4 Å². The molecule has 116 valence electrons. The van der Waals surface area contributed by atoms with Gasteiger partial charge in [0.2, 0.25) is 0 Å². The Bertz CT molecular complexity index is 605. The van der Waals surface area contributed by atoms with Crippen molar-refractivity contribution < 1.29 is 13.9 Å². The first-order valence-electron chi connectivity index (χ1n) is 6.45. The van der Waals surface area contributed by atoms with Crippen LogP contribution >= 0.6 is 0 Å². The normalized spacial score (nSPS) is 16.6. The van der Waals surface area contributed by atoms with Gasteiger partial charge in [-0.2, -0.15) is 4.98 Å². The lowest BCUT2D eigenvalue weighted by Gasteiger charge is -2.19. The van der Waals surface area contributed by atoms with E-state index < -0.39 is 5.82 Å². The average molecular weight is 307 g/mol. The van der Waals surface area contributed by atoms with Crippen molar-refractivity contribution in [3.63, 3.8) is 0 Å². The van der Waals surface area contributed by atoms with Gasteiger partial charge < -0.3 is 14.8 Å². The van der Waals surface area contributed by atoms with Gasteiger partial charge in [0.1, 0.15) is 12.4 Å². The van der Waals surface area contributed by atoms with Crippen LogP contribution in [0.2, 0.25) is 0 Å². The lowest BCUT2D eigenvalue weighted by Crippen LogP contribution is -2.18. The maximum absolute atomic E-state index is 13.4. The number of aromatic nitrogens is 2. The minimum atomic E-state index is -0.704. The summed E-state index contributed by atoms with van der Waals surface area (Å²) < 4.78 is 23.9. The van der Waals surface area contributed by atoms with Gasteiger partial charge in [-0.05, 0) is 17.7 Å². The molecule has 0 bridgehead atoms. The van der Waals surface area contributed by atoms with Crippen molar-refractivity contribution >= 4 is 12.2 Å². The zero-order valence-corrected chi connectivity index (χ0v) is 11.5. The van der Waals surface area contributed by atoms with Crippen LogP contribution in [0.3, 0.4) is 0 Å². The Morgan fingerprint density at radius 1 is 1.59 bits per heavy atom. The molecule has 8 nitrogen and oxygen atoms in total. The molecule has 1 aliphatic carbocycles. The minimum absolute atomic E-state index is 0.0291. The molecule has 0 saturated heterocycles. The first kappa shape index (κ1) is 15.5. The molecule has 9 heteroatoms. The van der Waals surface area contributed by atoms with E-state index in [9.17, 15) is 9.30 Å². The fourth-order valence-corrected chi connectivity index (χ4v) is 1.84. The summed E-state index contributed by atoms with van der Waals surface area (Å²) >= 11 is 0. The van der Waals surface area contributed by atoms with Crippen LogP contribution in [0.1, 0.15) is 6.42 Å². The van der Waals surface area contributed by atoms with Gasteiger partial charge in [0.15, 0.2) is 24.7 Å². The van der Waals surface area contributed by atoms with Crippen LogP contribution in [-0.4, -0.2) is 29.6 Å². The standard InChI is InChI=1S/C13H14FN5O3/c14-10-5-16-13(19-12(10)17-8-18-20)21-6-9-3-1-2-4-11(9)22-7-15/h1-2,4-5,7,9,15H,3,6,8H2,(H,16,17,19). The van der Waals surface area contributed by atoms with Crippen LogP contribution < -0.4 is 10.1 Å². The summed E-state index contributed by atoms with van der Waals surface area (Å²) in [6, 6.07) is -0.0291. The monoisotopic (exact) mass is 307 g/mol. The predicted octanol–water partition coefficient (Wildman–Crippen LogP) is 2.21. The van der Waals surface area contributed by atoms with E-state index in [1.165, 1.54) is 0 Å². The van der Waals surface area contributed by atoms with Gasteiger partial charge in [0.05, 0.1) is 12.1 Å². The lowest BCUT2D eigenvalue weighted by atomic mass is 10.00. The molecule has 0 aromatic carbocycles. The van der Waals surface area contributed by atoms with Crippen LogP contribution in [0.4, 0.5) is 10.2 Å². The molecular formula is C13H14FN5O3. The largest absolute Gasteiger partial charge is 0.463 e. The topological polar surface area (TPSA) is 110 Å². The van der Waals surface area contributed by atoms with E-state index in [0.717, 1.165) is 12.6 Å². The van der Waals surface area contributed by atoms with Gasteiger partial charge in [-0.3, -0.25) is 5.41 Å². The second-order valence-electron chi connectivity index (χ2n) is 4.29. The molecule has 0 fully saturated rings. The highest BCUT2D eigenvalue weighted by molar-refractivity contribution is 5.44. The third-order valence-corrected chi connectivity index (χ3v) is 2.86. The van der Waals surface area contributed by atoms with E-state index in [1.807, 2.05) is 12.2 Å². The van der Waals surface area contributed by atoms with E-state index in [1.54, 1.807) is 6.08 Å². The van der Waals surface area contributed by atoms with E-state index in [-0.39, 0.29) is 31.0 Å². The maximum atomic E-state index is 13.4. The second-order valence-corrected chi connectivity index (χ2v) is 4.29. The highest BCUT2D eigenvalue weighted by atomic mass is 19.1. The molecule has 0 amide bonds. The highest BCUT2D eigenvalue weighted by Crippen LogP contribution is 2.22. The molecular weight excluding hydrogens is 293 g/mol. The SMILES string of the molecule is N=COC1=CC=CCC1COc1ncc(F)c(NCN=O)n1. The van der Waals surface area contributed by atoms with Crippen LogP contribution in [-0.2, 0) is 4.74 Å². The second kappa shape index (κ2) is 7.81. The Morgan fingerprint density at radius 3 is 3.23 bits per heavy atom. The molecule has 0 spiro atoms. The number of nitrogens with zero attached hydrogens (tertiary/aromatic N) is 3. The molecule has 0 saturated carbocycles. The smallest absolute Gasteiger partial charge is 0.318 e. The molecule has 1 heterocycles. The Hall–Kier alpha value is -2.84. The van der Waals surface area contributed by atoms with E-state index in [4.69, 9.17) is 14.9 Å². The van der Waals surface area contributed by atoms with Gasteiger partial charge in [-0.15, -0.1) is 4.91 Å². The third kappa shape index (κ3) is 4.08. The summed E-state index contributed by atoms with van der Waals surface area (Å²) in [5.41, 5.74) is 0. The summed E-state index contributed by atoms with van der Waals surface area (Å²) in [6.45, 7) is -0.0954. The molecule has 22 heavy (non-hydrogen) atoms. The number of hydrogen-bond donors (Lipinski definition) is 2. The number of hydrogen-bond acceptors (Lipinski definition) is 8. The minimum Gasteiger partial charge on any atom is -0.463 e. The summed E-state index contributed by atoms with van der Waals surface area (Å²) in [7, 11) is 0. The molecule has 1 aliphatic rings. The molecule has 0 radical (unpaired) electrons. The summed E-state index contributed by atoms with van der Waals surface area (Å²) in [5, 5.41) is 12.0. The predicted molar refractivity (Wildman–Crippen MR) is 77.0 cm³/mol. The fourth-order valence-electron chi connectivity index (χ4n) is 1.84. The number of nitrogens with one attached hydrogen (secondary N) is 2. The third-order valence-electron chi connectivity index (χ3n) is 2.86. The summed E-state index contributed by atoms with van der Waals surface area (Å²) in [5.74, 6) is -0.347. The van der Waals surface area contributed by atoms with Crippen LogP contribution in [0.25, 0.3) is 0 Å². The quantitative estimate of drug-likeness (QED) is 0.433. The number of nitroso groups, excluding NO2 is 1. The van der Waals surface area contributed by atoms with Crippen LogP contribution in [0.5, 0.6) is 6.01 Å². The fraction of sp³-hybridized carbons (Fsp3) is 0.308. The molecule has 1 aromatic rings. The molecule has 1 unspecified atom stereocenters. The van der Waals surface area contributed by atoms with Gasteiger partial charge >= 0.3 is 6.01 Å². The lowest BCUT2D eigenvalue weighted by molar-refractivity contribution is 0.214. The Morgan fingerprint density at radius 2 is 2.45 bits per heavy atom. The van der Waals surface area contributed by atoms with Crippen LogP contribution in [0, 0.1) is 22.1 Å². The van der Waals surface area contributed by atoms with Gasteiger partial charge in [-0.1, -0.05) is 12.2 Å². The average Bonchev–Trinajstić information content (AvgIpc) is 2.54. The van der Waals surface area contributed by atoms with Crippen molar-refractivity contribution in [1.29, 1.82) is 5.41 Å². The van der Waals surface area contributed by atoms with E-state index >= 15 is 0 Å². The number of allylic oxidation sites excluding steroid dienone is 3. The van der Waals surface area contributed by atoms with Gasteiger partial charge in [0, 0.05) is 0 Å². The van der Waals surface area contributed by atoms with Crippen molar-refractivity contribution in [2.45, 2.75) is 6.42 Å². The Balaban J connectivity index is 1.99. The van der Waals surface area contributed by atoms with Crippen molar-refractivity contribution in [3.05, 3.63) is 40.9 Å². The maximum Gasteiger partial charge on any atom is 0.318 e. The zero-order chi connectivity index (χ0) is 15.8. The van der Waals surface area contributed by atoms with Crippen molar-refractivity contribution in [2.24, 2.45) is 11.1 Å².